The van der Waals surface area contributed by atoms with E-state index in [0.717, 1.165) is 0 Å². The SMILES string of the molecule is C=C(CC(=O)CC(C)=O)OCC. The maximum atomic E-state index is 11.0. The minimum absolute atomic E-state index is 0.0217. The molecule has 0 aliphatic rings. The molecule has 0 aromatic carbocycles. The molecule has 3 nitrogen and oxygen atoms in total. The predicted octanol–water partition coefficient (Wildman–Crippen LogP) is 1.47. The molecule has 3 heteroatoms. The first kappa shape index (κ1) is 10.9. The Morgan fingerprint density at radius 3 is 2.33 bits per heavy atom. The molecule has 0 amide bonds. The average Bonchev–Trinajstić information content (AvgIpc) is 1.84. The van der Waals surface area contributed by atoms with Crippen molar-refractivity contribution in [3.63, 3.8) is 0 Å². The van der Waals surface area contributed by atoms with Crippen molar-refractivity contribution in [1.29, 1.82) is 0 Å². The number of carbonyl (C=O) groups is 2. The molecule has 12 heavy (non-hydrogen) atoms. The minimum atomic E-state index is -0.138. The van der Waals surface area contributed by atoms with Crippen LogP contribution in [0.5, 0.6) is 0 Å². The Bertz CT molecular complexity index is 194. The van der Waals surface area contributed by atoms with Crippen LogP contribution in [0.1, 0.15) is 26.7 Å². The van der Waals surface area contributed by atoms with Gasteiger partial charge >= 0.3 is 0 Å². The summed E-state index contributed by atoms with van der Waals surface area (Å²) in [4.78, 5) is 21.5. The maximum absolute atomic E-state index is 11.0. The lowest BCUT2D eigenvalue weighted by molar-refractivity contribution is -0.125. The lowest BCUT2D eigenvalue weighted by Crippen LogP contribution is -2.06. The summed E-state index contributed by atoms with van der Waals surface area (Å²) >= 11 is 0. The summed E-state index contributed by atoms with van der Waals surface area (Å²) in [5.41, 5.74) is 0. The third kappa shape index (κ3) is 5.65. The molecule has 0 N–H and O–H groups in total. The molecule has 0 saturated heterocycles. The summed E-state index contributed by atoms with van der Waals surface area (Å²) in [6, 6.07) is 0. The topological polar surface area (TPSA) is 43.4 Å². The van der Waals surface area contributed by atoms with Crippen molar-refractivity contribution in [3.05, 3.63) is 12.3 Å². The Labute approximate surface area is 72.4 Å². The molecule has 0 spiro atoms. The van der Waals surface area contributed by atoms with Crippen molar-refractivity contribution in [2.75, 3.05) is 6.61 Å². The van der Waals surface area contributed by atoms with E-state index in [2.05, 4.69) is 6.58 Å². The standard InChI is InChI=1S/C9H14O3/c1-4-12-8(3)6-9(11)5-7(2)10/h3-6H2,1-2H3. The van der Waals surface area contributed by atoms with E-state index in [-0.39, 0.29) is 24.4 Å². The van der Waals surface area contributed by atoms with Crippen LogP contribution >= 0.6 is 0 Å². The van der Waals surface area contributed by atoms with Gasteiger partial charge in [0.2, 0.25) is 0 Å². The van der Waals surface area contributed by atoms with Crippen LogP contribution in [0.2, 0.25) is 0 Å². The molecule has 68 valence electrons. The van der Waals surface area contributed by atoms with Crippen LogP contribution in [-0.4, -0.2) is 18.2 Å². The smallest absolute Gasteiger partial charge is 0.147 e. The number of ketones is 2. The largest absolute Gasteiger partial charge is 0.498 e. The Morgan fingerprint density at radius 2 is 1.92 bits per heavy atom. The highest BCUT2D eigenvalue weighted by molar-refractivity contribution is 5.98. The lowest BCUT2D eigenvalue weighted by atomic mass is 10.1. The van der Waals surface area contributed by atoms with Gasteiger partial charge in [-0.1, -0.05) is 6.58 Å². The monoisotopic (exact) mass is 170 g/mol. The van der Waals surface area contributed by atoms with Crippen LogP contribution in [0.15, 0.2) is 12.3 Å². The van der Waals surface area contributed by atoms with E-state index in [1.165, 1.54) is 6.92 Å². The third-order valence-corrected chi connectivity index (χ3v) is 1.19. The Hall–Kier alpha value is -1.12. The molecule has 0 aliphatic carbocycles. The normalized spacial score (nSPS) is 9.17. The van der Waals surface area contributed by atoms with Crippen molar-refractivity contribution in [3.8, 4) is 0 Å². The van der Waals surface area contributed by atoms with Crippen molar-refractivity contribution in [1.82, 2.24) is 0 Å². The molecule has 0 saturated carbocycles. The van der Waals surface area contributed by atoms with E-state index in [0.29, 0.717) is 12.4 Å². The highest BCUT2D eigenvalue weighted by Gasteiger charge is 2.07. The highest BCUT2D eigenvalue weighted by Crippen LogP contribution is 2.03. The number of carbonyl (C=O) groups excluding carboxylic acids is 2. The molecule has 0 bridgehead atoms. The van der Waals surface area contributed by atoms with Gasteiger partial charge in [0.1, 0.15) is 11.6 Å². The van der Waals surface area contributed by atoms with Gasteiger partial charge in [-0.3, -0.25) is 9.59 Å². The number of rotatable bonds is 6. The van der Waals surface area contributed by atoms with Crippen LogP contribution < -0.4 is 0 Å². The van der Waals surface area contributed by atoms with Gasteiger partial charge in [0.15, 0.2) is 0 Å². The Morgan fingerprint density at radius 1 is 1.33 bits per heavy atom. The van der Waals surface area contributed by atoms with Gasteiger partial charge in [0.05, 0.1) is 25.2 Å². The summed E-state index contributed by atoms with van der Waals surface area (Å²) < 4.78 is 4.97. The number of allylic oxidation sites excluding steroid dienone is 1. The first-order valence-electron chi connectivity index (χ1n) is 3.88. The van der Waals surface area contributed by atoms with Gasteiger partial charge in [-0.2, -0.15) is 0 Å². The fraction of sp³-hybridized carbons (Fsp3) is 0.556. The van der Waals surface area contributed by atoms with Gasteiger partial charge < -0.3 is 4.74 Å². The first-order chi connectivity index (χ1) is 5.56. The van der Waals surface area contributed by atoms with Gasteiger partial charge in [-0.05, 0) is 13.8 Å². The van der Waals surface area contributed by atoms with E-state index >= 15 is 0 Å². The van der Waals surface area contributed by atoms with Crippen molar-refractivity contribution in [2.45, 2.75) is 26.7 Å². The average molecular weight is 170 g/mol. The van der Waals surface area contributed by atoms with E-state index < -0.39 is 0 Å². The minimum Gasteiger partial charge on any atom is -0.498 e. The van der Waals surface area contributed by atoms with Crippen LogP contribution in [0, 0.1) is 0 Å². The molecular weight excluding hydrogens is 156 g/mol. The zero-order valence-electron chi connectivity index (χ0n) is 7.55. The third-order valence-electron chi connectivity index (χ3n) is 1.19. The van der Waals surface area contributed by atoms with Crippen molar-refractivity contribution in [2.24, 2.45) is 0 Å². The number of Topliss-reactive ketones (excluding diaryl/α,β-unsaturated/α-hetero) is 2. The fourth-order valence-electron chi connectivity index (χ4n) is 0.815. The molecule has 0 unspecified atom stereocenters. The molecule has 0 aliphatic heterocycles. The van der Waals surface area contributed by atoms with Crippen molar-refractivity contribution >= 4 is 11.6 Å². The number of ether oxygens (including phenoxy) is 1. The van der Waals surface area contributed by atoms with E-state index in [9.17, 15) is 9.59 Å². The summed E-state index contributed by atoms with van der Waals surface area (Å²) in [5, 5.41) is 0. The molecular formula is C9H14O3. The molecule has 0 rings (SSSR count). The van der Waals surface area contributed by atoms with Gasteiger partial charge in [0, 0.05) is 0 Å². The van der Waals surface area contributed by atoms with Crippen LogP contribution in [0.25, 0.3) is 0 Å². The summed E-state index contributed by atoms with van der Waals surface area (Å²) in [6.07, 6.45) is 0.125. The highest BCUT2D eigenvalue weighted by atomic mass is 16.5. The molecule has 0 atom stereocenters. The second kappa shape index (κ2) is 5.52. The fourth-order valence-corrected chi connectivity index (χ4v) is 0.815. The molecule has 0 radical (unpaired) electrons. The lowest BCUT2D eigenvalue weighted by Gasteiger charge is -2.04. The maximum Gasteiger partial charge on any atom is 0.147 e. The molecule has 0 aromatic rings. The van der Waals surface area contributed by atoms with Crippen molar-refractivity contribution < 1.29 is 14.3 Å². The van der Waals surface area contributed by atoms with Crippen LogP contribution in [0.4, 0.5) is 0 Å². The number of hydrogen-bond donors (Lipinski definition) is 0. The molecule has 0 aromatic heterocycles. The van der Waals surface area contributed by atoms with Gasteiger partial charge in [0.25, 0.3) is 0 Å². The van der Waals surface area contributed by atoms with E-state index in [1.54, 1.807) is 0 Å². The second-order valence-corrected chi connectivity index (χ2v) is 2.57. The van der Waals surface area contributed by atoms with E-state index in [1.807, 2.05) is 6.92 Å². The van der Waals surface area contributed by atoms with Crippen LogP contribution in [-0.2, 0) is 14.3 Å². The van der Waals surface area contributed by atoms with Gasteiger partial charge in [-0.25, -0.2) is 0 Å². The first-order valence-corrected chi connectivity index (χ1v) is 3.88. The zero-order chi connectivity index (χ0) is 9.56. The Kier molecular flexibility index (Phi) is 5.00. The predicted molar refractivity (Wildman–Crippen MR) is 45.7 cm³/mol. The quantitative estimate of drug-likeness (QED) is 0.448. The zero-order valence-corrected chi connectivity index (χ0v) is 7.55. The number of hydrogen-bond acceptors (Lipinski definition) is 3. The summed E-state index contributed by atoms with van der Waals surface area (Å²) in [7, 11) is 0. The molecule has 0 fully saturated rings. The molecule has 0 heterocycles. The summed E-state index contributed by atoms with van der Waals surface area (Å²) in [5.74, 6) is 0.175. The second-order valence-electron chi connectivity index (χ2n) is 2.57. The van der Waals surface area contributed by atoms with E-state index in [4.69, 9.17) is 4.74 Å². The van der Waals surface area contributed by atoms with Crippen LogP contribution in [0.3, 0.4) is 0 Å². The summed E-state index contributed by atoms with van der Waals surface area (Å²) in [6.45, 7) is 7.25. The van der Waals surface area contributed by atoms with Gasteiger partial charge in [-0.15, -0.1) is 0 Å². The Balaban J connectivity index is 3.69.